The lowest BCUT2D eigenvalue weighted by Gasteiger charge is -2.08. The van der Waals surface area contributed by atoms with Gasteiger partial charge in [0.1, 0.15) is 0 Å². The van der Waals surface area contributed by atoms with Crippen LogP contribution in [0.4, 0.5) is 8.78 Å². The topological polar surface area (TPSA) is 34.1 Å². The molecule has 1 aromatic carbocycles. The highest BCUT2D eigenvalue weighted by atomic mass is 19.3. The summed E-state index contributed by atoms with van der Waals surface area (Å²) in [6.45, 7) is 2.83. The predicted molar refractivity (Wildman–Crippen MR) is 51.5 cm³/mol. The lowest BCUT2D eigenvalue weighted by molar-refractivity contribution is 0.101. The zero-order valence-corrected chi connectivity index (χ0v) is 8.38. The van der Waals surface area contributed by atoms with Gasteiger partial charge in [-0.25, -0.2) is 8.78 Å². The summed E-state index contributed by atoms with van der Waals surface area (Å²) in [6, 6.07) is 2.52. The largest absolute Gasteiger partial charge is 0.298 e. The molecule has 0 radical (unpaired) electrons. The predicted octanol–water partition coefficient (Wildman–Crippen LogP) is 2.95. The Hall–Kier alpha value is -1.58. The second-order valence-electron chi connectivity index (χ2n) is 3.27. The summed E-state index contributed by atoms with van der Waals surface area (Å²) in [5.74, 6) is -0.294. The lowest BCUT2D eigenvalue weighted by Crippen LogP contribution is -2.02. The summed E-state index contributed by atoms with van der Waals surface area (Å²) in [6.07, 6.45) is -2.36. The van der Waals surface area contributed by atoms with Crippen LogP contribution in [0.15, 0.2) is 12.1 Å². The molecule has 0 spiro atoms. The highest BCUT2D eigenvalue weighted by molar-refractivity contribution is 5.95. The van der Waals surface area contributed by atoms with Gasteiger partial charge in [-0.2, -0.15) is 0 Å². The van der Waals surface area contributed by atoms with Crippen LogP contribution in [0.5, 0.6) is 0 Å². The Morgan fingerprint density at radius 2 is 2.00 bits per heavy atom. The monoisotopic (exact) mass is 212 g/mol. The van der Waals surface area contributed by atoms with E-state index in [2.05, 4.69) is 0 Å². The maximum Gasteiger partial charge on any atom is 0.264 e. The van der Waals surface area contributed by atoms with Crippen LogP contribution >= 0.6 is 0 Å². The fourth-order valence-electron chi connectivity index (χ4n) is 1.37. The van der Waals surface area contributed by atoms with E-state index in [1.807, 2.05) is 0 Å². The molecule has 0 aliphatic carbocycles. The number of ketones is 1. The van der Waals surface area contributed by atoms with Crippen molar-refractivity contribution in [3.63, 3.8) is 0 Å². The molecule has 2 nitrogen and oxygen atoms in total. The number of rotatable bonds is 3. The third-order valence-corrected chi connectivity index (χ3v) is 2.18. The van der Waals surface area contributed by atoms with Crippen molar-refractivity contribution >= 4 is 12.1 Å². The molecule has 0 bridgehead atoms. The van der Waals surface area contributed by atoms with Crippen molar-refractivity contribution < 1.29 is 18.4 Å². The van der Waals surface area contributed by atoms with Gasteiger partial charge >= 0.3 is 0 Å². The molecule has 0 fully saturated rings. The van der Waals surface area contributed by atoms with Crippen LogP contribution < -0.4 is 0 Å². The van der Waals surface area contributed by atoms with Crippen LogP contribution in [0.25, 0.3) is 0 Å². The van der Waals surface area contributed by atoms with Crippen molar-refractivity contribution in [1.29, 1.82) is 0 Å². The maximum absolute atomic E-state index is 12.6. The van der Waals surface area contributed by atoms with Gasteiger partial charge in [0.25, 0.3) is 6.43 Å². The van der Waals surface area contributed by atoms with Crippen LogP contribution in [-0.4, -0.2) is 12.1 Å². The molecule has 0 heterocycles. The van der Waals surface area contributed by atoms with E-state index in [0.717, 1.165) is 6.07 Å². The molecule has 0 saturated carbocycles. The van der Waals surface area contributed by atoms with E-state index < -0.39 is 6.43 Å². The molecule has 0 atom stereocenters. The van der Waals surface area contributed by atoms with E-state index in [9.17, 15) is 18.4 Å². The van der Waals surface area contributed by atoms with Crippen molar-refractivity contribution in [2.45, 2.75) is 20.3 Å². The Labute approximate surface area is 85.9 Å². The Kier molecular flexibility index (Phi) is 3.29. The van der Waals surface area contributed by atoms with E-state index >= 15 is 0 Å². The number of halogens is 2. The highest BCUT2D eigenvalue weighted by Crippen LogP contribution is 2.26. The average molecular weight is 212 g/mol. The van der Waals surface area contributed by atoms with Gasteiger partial charge < -0.3 is 0 Å². The molecule has 0 aliphatic rings. The van der Waals surface area contributed by atoms with Gasteiger partial charge in [0, 0.05) is 16.7 Å². The fourth-order valence-corrected chi connectivity index (χ4v) is 1.37. The van der Waals surface area contributed by atoms with Crippen molar-refractivity contribution in [3.05, 3.63) is 34.4 Å². The van der Waals surface area contributed by atoms with E-state index in [4.69, 9.17) is 0 Å². The molecule has 1 rings (SSSR count). The number of carbonyl (C=O) groups excluding carboxylic acids is 2. The first-order valence-electron chi connectivity index (χ1n) is 4.36. The van der Waals surface area contributed by atoms with Crippen molar-refractivity contribution in [3.8, 4) is 0 Å². The van der Waals surface area contributed by atoms with Crippen LogP contribution in [0.2, 0.25) is 0 Å². The van der Waals surface area contributed by atoms with Crippen molar-refractivity contribution in [2.24, 2.45) is 0 Å². The minimum atomic E-state index is -2.75. The number of carbonyl (C=O) groups is 2. The second kappa shape index (κ2) is 4.29. The normalized spacial score (nSPS) is 10.5. The van der Waals surface area contributed by atoms with Gasteiger partial charge in [-0.15, -0.1) is 0 Å². The molecule has 0 amide bonds. The molecule has 15 heavy (non-hydrogen) atoms. The zero-order chi connectivity index (χ0) is 11.6. The molecule has 0 aliphatic heterocycles. The first-order valence-corrected chi connectivity index (χ1v) is 4.36. The van der Waals surface area contributed by atoms with Gasteiger partial charge in [0.2, 0.25) is 0 Å². The standard InChI is InChI=1S/C11H10F2O2/c1-6-3-8(7(2)15)4-9(11(12)13)10(6)5-14/h3-5,11H,1-2H3. The number of aldehydes is 1. The third-order valence-electron chi connectivity index (χ3n) is 2.18. The molecule has 0 unspecified atom stereocenters. The second-order valence-corrected chi connectivity index (χ2v) is 3.27. The minimum Gasteiger partial charge on any atom is -0.298 e. The molecule has 0 aromatic heterocycles. The quantitative estimate of drug-likeness (QED) is 0.570. The third kappa shape index (κ3) is 2.26. The van der Waals surface area contributed by atoms with Crippen LogP contribution in [0, 0.1) is 6.92 Å². The summed E-state index contributed by atoms with van der Waals surface area (Å²) in [5, 5.41) is 0. The highest BCUT2D eigenvalue weighted by Gasteiger charge is 2.16. The van der Waals surface area contributed by atoms with Crippen molar-refractivity contribution in [1.82, 2.24) is 0 Å². The number of alkyl halides is 2. The fraction of sp³-hybridized carbons (Fsp3) is 0.273. The first-order chi connectivity index (χ1) is 6.97. The van der Waals surface area contributed by atoms with Crippen molar-refractivity contribution in [2.75, 3.05) is 0 Å². The van der Waals surface area contributed by atoms with E-state index in [1.165, 1.54) is 19.9 Å². The van der Waals surface area contributed by atoms with Crippen LogP contribution in [0.1, 0.15) is 45.2 Å². The average Bonchev–Trinajstić information content (AvgIpc) is 2.16. The maximum atomic E-state index is 12.6. The first kappa shape index (κ1) is 11.5. The van der Waals surface area contributed by atoms with E-state index in [0.29, 0.717) is 11.8 Å². The number of benzene rings is 1. The Morgan fingerprint density at radius 1 is 1.40 bits per heavy atom. The molecule has 0 N–H and O–H groups in total. The summed E-state index contributed by atoms with van der Waals surface area (Å²) in [5.41, 5.74) is 0.187. The van der Waals surface area contributed by atoms with Crippen LogP contribution in [-0.2, 0) is 0 Å². The van der Waals surface area contributed by atoms with Gasteiger partial charge in [-0.05, 0) is 31.5 Å². The van der Waals surface area contributed by atoms with Gasteiger partial charge in [0.05, 0.1) is 0 Å². The summed E-state index contributed by atoms with van der Waals surface area (Å²) >= 11 is 0. The molecule has 4 heteroatoms. The molecule has 80 valence electrons. The zero-order valence-electron chi connectivity index (χ0n) is 8.38. The SMILES string of the molecule is CC(=O)c1cc(C)c(C=O)c(C(F)F)c1. The molecule has 1 aromatic rings. The van der Waals surface area contributed by atoms with Crippen LogP contribution in [0.3, 0.4) is 0 Å². The molecular weight excluding hydrogens is 202 g/mol. The van der Waals surface area contributed by atoms with E-state index in [1.54, 1.807) is 0 Å². The Bertz CT molecular complexity index is 411. The summed E-state index contributed by atoms with van der Waals surface area (Å²) in [4.78, 5) is 21.7. The van der Waals surface area contributed by atoms with Gasteiger partial charge in [-0.1, -0.05) is 0 Å². The van der Waals surface area contributed by atoms with Gasteiger partial charge in [0.15, 0.2) is 12.1 Å². The smallest absolute Gasteiger partial charge is 0.264 e. The Morgan fingerprint density at radius 3 is 2.40 bits per heavy atom. The molecular formula is C11H10F2O2. The summed E-state index contributed by atoms with van der Waals surface area (Å²) in [7, 11) is 0. The molecule has 0 saturated heterocycles. The number of hydrogen-bond acceptors (Lipinski definition) is 2. The van der Waals surface area contributed by atoms with Gasteiger partial charge in [-0.3, -0.25) is 9.59 Å². The van der Waals surface area contributed by atoms with E-state index in [-0.39, 0.29) is 22.5 Å². The number of hydrogen-bond donors (Lipinski definition) is 0. The number of Topliss-reactive ketones (excluding diaryl/α,β-unsaturated/α-hetero) is 1. The minimum absolute atomic E-state index is 0.0324. The number of aryl methyl sites for hydroxylation is 1. The Balaban J connectivity index is 3.45. The summed E-state index contributed by atoms with van der Waals surface area (Å²) < 4.78 is 25.1. The lowest BCUT2D eigenvalue weighted by atomic mass is 9.98.